The lowest BCUT2D eigenvalue weighted by molar-refractivity contribution is 0.245. The van der Waals surface area contributed by atoms with E-state index in [9.17, 15) is 21.2 Å². The summed E-state index contributed by atoms with van der Waals surface area (Å²) in [6, 6.07) is 20.5. The van der Waals surface area contributed by atoms with Crippen LogP contribution in [0.1, 0.15) is 43.2 Å². The number of hydrogen-bond acceptors (Lipinski definition) is 4. The van der Waals surface area contributed by atoms with Crippen LogP contribution in [0.15, 0.2) is 88.7 Å². The van der Waals surface area contributed by atoms with Crippen molar-refractivity contribution >= 4 is 20.0 Å². The highest BCUT2D eigenvalue weighted by Crippen LogP contribution is 2.30. The molecule has 0 N–H and O–H groups in total. The molecule has 3 aromatic carbocycles. The highest BCUT2D eigenvalue weighted by molar-refractivity contribution is 7.89. The fourth-order valence-electron chi connectivity index (χ4n) is 4.60. The van der Waals surface area contributed by atoms with Crippen molar-refractivity contribution in [1.82, 2.24) is 8.61 Å². The second kappa shape index (κ2) is 11.2. The molecular formula is C27H31FN2O4S2. The standard InChI is InChI=1S/C27H31FN2O4S2/c1-29(20-22-10-4-2-5-11-22)35(31,32)25-16-18-26(19-17-25)36(33,34)30(24-13-6-3-7-14-24)21-23-12-8-9-15-27(23)28/h2,4-5,8-12,15-19,24H,3,6-7,13-14,20-21H2,1H3. The van der Waals surface area contributed by atoms with Crippen molar-refractivity contribution in [2.24, 2.45) is 0 Å². The quantitative estimate of drug-likeness (QED) is 0.383. The summed E-state index contributed by atoms with van der Waals surface area (Å²) in [5, 5.41) is 0. The maximum atomic E-state index is 14.4. The highest BCUT2D eigenvalue weighted by atomic mass is 32.2. The highest BCUT2D eigenvalue weighted by Gasteiger charge is 2.33. The number of halogens is 1. The molecule has 6 nitrogen and oxygen atoms in total. The molecule has 0 atom stereocenters. The number of sulfonamides is 2. The molecule has 0 heterocycles. The van der Waals surface area contributed by atoms with Gasteiger partial charge in [-0.1, -0.05) is 67.8 Å². The van der Waals surface area contributed by atoms with Gasteiger partial charge in [0.25, 0.3) is 0 Å². The summed E-state index contributed by atoms with van der Waals surface area (Å²) in [4.78, 5) is 0.00674. The summed E-state index contributed by atoms with van der Waals surface area (Å²) >= 11 is 0. The van der Waals surface area contributed by atoms with Crippen LogP contribution in [-0.2, 0) is 33.1 Å². The Morgan fingerprint density at radius 2 is 1.28 bits per heavy atom. The first-order chi connectivity index (χ1) is 17.2. The van der Waals surface area contributed by atoms with E-state index in [1.165, 1.54) is 46.0 Å². The Morgan fingerprint density at radius 3 is 1.89 bits per heavy atom. The first-order valence-corrected chi connectivity index (χ1v) is 14.9. The van der Waals surface area contributed by atoms with Gasteiger partial charge < -0.3 is 0 Å². The topological polar surface area (TPSA) is 74.8 Å². The minimum atomic E-state index is -3.99. The van der Waals surface area contributed by atoms with Gasteiger partial charge in [0.2, 0.25) is 20.0 Å². The Bertz CT molecular complexity index is 1370. The smallest absolute Gasteiger partial charge is 0.207 e. The third-order valence-electron chi connectivity index (χ3n) is 6.65. The van der Waals surface area contributed by atoms with Crippen LogP contribution in [0.4, 0.5) is 4.39 Å². The van der Waals surface area contributed by atoms with Crippen LogP contribution < -0.4 is 0 Å². The molecule has 3 aromatic rings. The van der Waals surface area contributed by atoms with Gasteiger partial charge in [-0.3, -0.25) is 0 Å². The van der Waals surface area contributed by atoms with Crippen LogP contribution in [0.2, 0.25) is 0 Å². The average Bonchev–Trinajstić information content (AvgIpc) is 2.89. The summed E-state index contributed by atoms with van der Waals surface area (Å²) in [5.41, 5.74) is 1.16. The van der Waals surface area contributed by atoms with Gasteiger partial charge in [-0.2, -0.15) is 8.61 Å². The molecule has 0 aromatic heterocycles. The zero-order valence-corrected chi connectivity index (χ0v) is 21.9. The zero-order valence-electron chi connectivity index (χ0n) is 20.3. The number of hydrogen-bond donors (Lipinski definition) is 0. The van der Waals surface area contributed by atoms with Crippen molar-refractivity contribution in [3.05, 3.63) is 95.8 Å². The van der Waals surface area contributed by atoms with Crippen molar-refractivity contribution in [3.63, 3.8) is 0 Å². The van der Waals surface area contributed by atoms with Crippen LogP contribution in [0.5, 0.6) is 0 Å². The average molecular weight is 531 g/mol. The minimum absolute atomic E-state index is 0.00549. The molecule has 192 valence electrons. The minimum Gasteiger partial charge on any atom is -0.207 e. The van der Waals surface area contributed by atoms with E-state index in [1.807, 2.05) is 30.3 Å². The lowest BCUT2D eigenvalue weighted by Gasteiger charge is -2.33. The fourth-order valence-corrected chi connectivity index (χ4v) is 7.42. The molecular weight excluding hydrogens is 499 g/mol. The fraction of sp³-hybridized carbons (Fsp3) is 0.333. The lowest BCUT2D eigenvalue weighted by atomic mass is 9.95. The summed E-state index contributed by atoms with van der Waals surface area (Å²) in [6.07, 6.45) is 4.31. The summed E-state index contributed by atoms with van der Waals surface area (Å²) in [5.74, 6) is -0.448. The van der Waals surface area contributed by atoms with Crippen molar-refractivity contribution in [1.29, 1.82) is 0 Å². The molecule has 1 fully saturated rings. The Hall–Kier alpha value is -2.59. The van der Waals surface area contributed by atoms with E-state index in [2.05, 4.69) is 0 Å². The van der Waals surface area contributed by atoms with E-state index in [4.69, 9.17) is 0 Å². The van der Waals surface area contributed by atoms with Crippen molar-refractivity contribution in [3.8, 4) is 0 Å². The Labute approximate surface area is 213 Å². The molecule has 0 amide bonds. The van der Waals surface area contributed by atoms with E-state index >= 15 is 0 Å². The maximum absolute atomic E-state index is 14.4. The van der Waals surface area contributed by atoms with E-state index in [0.717, 1.165) is 24.8 Å². The molecule has 1 saturated carbocycles. The van der Waals surface area contributed by atoms with Crippen molar-refractivity contribution < 1.29 is 21.2 Å². The van der Waals surface area contributed by atoms with E-state index < -0.39 is 25.9 Å². The summed E-state index contributed by atoms with van der Waals surface area (Å²) < 4.78 is 70.7. The van der Waals surface area contributed by atoms with Gasteiger partial charge in [0.1, 0.15) is 5.82 Å². The van der Waals surface area contributed by atoms with Gasteiger partial charge >= 0.3 is 0 Å². The monoisotopic (exact) mass is 530 g/mol. The molecule has 0 saturated heterocycles. The molecule has 0 radical (unpaired) electrons. The summed E-state index contributed by atoms with van der Waals surface area (Å²) in [7, 11) is -6.32. The summed E-state index contributed by atoms with van der Waals surface area (Å²) in [6.45, 7) is 0.126. The van der Waals surface area contributed by atoms with Gasteiger partial charge in [-0.15, -0.1) is 0 Å². The van der Waals surface area contributed by atoms with Crippen LogP contribution in [0.25, 0.3) is 0 Å². The molecule has 0 bridgehead atoms. The molecule has 0 unspecified atom stereocenters. The third kappa shape index (κ3) is 5.86. The second-order valence-corrected chi connectivity index (χ2v) is 13.1. The Balaban J connectivity index is 1.60. The van der Waals surface area contributed by atoms with Gasteiger partial charge in [0.15, 0.2) is 0 Å². The molecule has 0 spiro atoms. The second-order valence-electron chi connectivity index (χ2n) is 9.15. The van der Waals surface area contributed by atoms with E-state index in [0.29, 0.717) is 18.4 Å². The largest absolute Gasteiger partial charge is 0.243 e. The molecule has 1 aliphatic rings. The van der Waals surface area contributed by atoms with Gasteiger partial charge in [0.05, 0.1) is 9.79 Å². The van der Waals surface area contributed by atoms with Crippen molar-refractivity contribution in [2.75, 3.05) is 7.05 Å². The SMILES string of the molecule is CN(Cc1ccccc1)S(=O)(=O)c1ccc(S(=O)(=O)N(Cc2ccccc2F)C2CCCCC2)cc1. The molecule has 4 rings (SSSR count). The van der Waals surface area contributed by atoms with Gasteiger partial charge in [0, 0.05) is 31.7 Å². The predicted molar refractivity (Wildman–Crippen MR) is 138 cm³/mol. The van der Waals surface area contributed by atoms with Crippen LogP contribution in [-0.4, -0.2) is 38.5 Å². The maximum Gasteiger partial charge on any atom is 0.243 e. The van der Waals surface area contributed by atoms with Crippen LogP contribution in [0, 0.1) is 5.82 Å². The number of rotatable bonds is 9. The Morgan fingerprint density at radius 1 is 0.722 bits per heavy atom. The molecule has 9 heteroatoms. The lowest BCUT2D eigenvalue weighted by Crippen LogP contribution is -2.41. The van der Waals surface area contributed by atoms with Crippen molar-refractivity contribution in [2.45, 2.75) is 61.0 Å². The number of nitrogens with zero attached hydrogens (tertiary/aromatic N) is 2. The van der Waals surface area contributed by atoms with Crippen LogP contribution >= 0.6 is 0 Å². The van der Waals surface area contributed by atoms with Gasteiger partial charge in [-0.25, -0.2) is 21.2 Å². The van der Waals surface area contributed by atoms with Gasteiger partial charge in [-0.05, 0) is 48.7 Å². The first kappa shape index (κ1) is 26.5. The Kier molecular flexibility index (Phi) is 8.24. The predicted octanol–water partition coefficient (Wildman–Crippen LogP) is 5.17. The zero-order chi connectivity index (χ0) is 25.8. The van der Waals surface area contributed by atoms with E-state index in [-0.39, 0.29) is 28.9 Å². The third-order valence-corrected chi connectivity index (χ3v) is 10.4. The molecule has 0 aliphatic heterocycles. The van der Waals surface area contributed by atoms with Crippen LogP contribution in [0.3, 0.4) is 0 Å². The molecule has 36 heavy (non-hydrogen) atoms. The van der Waals surface area contributed by atoms with E-state index in [1.54, 1.807) is 18.2 Å². The first-order valence-electron chi connectivity index (χ1n) is 12.0. The normalized spacial score (nSPS) is 15.4. The number of benzene rings is 3. The molecule has 1 aliphatic carbocycles.